The molecule has 0 radical (unpaired) electrons. The minimum atomic E-state index is 0.452. The Morgan fingerprint density at radius 2 is 1.48 bits per heavy atom. The van der Waals surface area contributed by atoms with Crippen molar-refractivity contribution in [2.45, 2.75) is 33.1 Å². The molecule has 116 valence electrons. The van der Waals surface area contributed by atoms with E-state index >= 15 is 0 Å². The molecular formula is C14H25N7. The molecule has 21 heavy (non-hydrogen) atoms. The predicted molar refractivity (Wildman–Crippen MR) is 84.2 cm³/mol. The number of anilines is 3. The first-order valence-electron chi connectivity index (χ1n) is 7.90. The Kier molecular flexibility index (Phi) is 4.10. The van der Waals surface area contributed by atoms with Gasteiger partial charge in [0.05, 0.1) is 0 Å². The molecule has 0 aromatic carbocycles. The van der Waals surface area contributed by atoms with Crippen LogP contribution in [0.2, 0.25) is 0 Å². The lowest BCUT2D eigenvalue weighted by Gasteiger charge is -2.27. The highest BCUT2D eigenvalue weighted by Crippen LogP contribution is 2.27. The molecule has 0 aliphatic carbocycles. The van der Waals surface area contributed by atoms with Crippen LogP contribution in [0, 0.1) is 11.8 Å². The van der Waals surface area contributed by atoms with Gasteiger partial charge in [0.1, 0.15) is 0 Å². The van der Waals surface area contributed by atoms with Gasteiger partial charge in [0.2, 0.25) is 17.8 Å². The maximum absolute atomic E-state index is 5.53. The number of hydrazine groups is 1. The third-order valence-corrected chi connectivity index (χ3v) is 4.65. The molecule has 3 rings (SSSR count). The molecule has 2 unspecified atom stereocenters. The molecule has 2 fully saturated rings. The Bertz CT molecular complexity index is 476. The molecule has 1 aromatic rings. The van der Waals surface area contributed by atoms with Crippen molar-refractivity contribution in [1.29, 1.82) is 0 Å². The van der Waals surface area contributed by atoms with Crippen LogP contribution in [0.25, 0.3) is 0 Å². The van der Waals surface area contributed by atoms with Crippen molar-refractivity contribution in [2.75, 3.05) is 41.4 Å². The van der Waals surface area contributed by atoms with Crippen LogP contribution >= 0.6 is 0 Å². The van der Waals surface area contributed by atoms with Crippen molar-refractivity contribution in [3.05, 3.63) is 0 Å². The molecular weight excluding hydrogens is 266 g/mol. The van der Waals surface area contributed by atoms with Gasteiger partial charge in [-0.25, -0.2) is 5.84 Å². The monoisotopic (exact) mass is 291 g/mol. The molecule has 2 atom stereocenters. The van der Waals surface area contributed by atoms with Crippen LogP contribution < -0.4 is 21.1 Å². The van der Waals surface area contributed by atoms with E-state index in [0.29, 0.717) is 17.8 Å². The molecule has 1 aromatic heterocycles. The van der Waals surface area contributed by atoms with E-state index in [1.807, 2.05) is 0 Å². The predicted octanol–water partition coefficient (Wildman–Crippen LogP) is 1.24. The third kappa shape index (κ3) is 3.02. The fraction of sp³-hybridized carbons (Fsp3) is 0.786. The van der Waals surface area contributed by atoms with Crippen LogP contribution in [0.4, 0.5) is 17.8 Å². The Labute approximate surface area is 125 Å². The van der Waals surface area contributed by atoms with Gasteiger partial charge in [0, 0.05) is 26.2 Å². The molecule has 3 N–H and O–H groups in total. The Hall–Kier alpha value is -1.63. The van der Waals surface area contributed by atoms with Gasteiger partial charge in [0.15, 0.2) is 0 Å². The summed E-state index contributed by atoms with van der Waals surface area (Å²) in [6.07, 6.45) is 3.69. The number of hydrogen-bond donors (Lipinski definition) is 2. The Balaban J connectivity index is 1.86. The van der Waals surface area contributed by atoms with E-state index in [1.165, 1.54) is 19.3 Å². The summed E-state index contributed by atoms with van der Waals surface area (Å²) in [5, 5.41) is 0. The first kappa shape index (κ1) is 14.3. The van der Waals surface area contributed by atoms with E-state index in [0.717, 1.165) is 38.1 Å². The van der Waals surface area contributed by atoms with Crippen LogP contribution in [-0.4, -0.2) is 41.1 Å². The summed E-state index contributed by atoms with van der Waals surface area (Å²) in [6, 6.07) is 0. The lowest BCUT2D eigenvalue weighted by atomic mass is 10.0. The van der Waals surface area contributed by atoms with E-state index < -0.39 is 0 Å². The van der Waals surface area contributed by atoms with Crippen molar-refractivity contribution < 1.29 is 0 Å². The SMILES string of the molecule is CC1CN(c2nc(NN)nc(N3CCCCC3)n2)CC1C. The quantitative estimate of drug-likeness (QED) is 0.640. The van der Waals surface area contributed by atoms with Gasteiger partial charge in [-0.1, -0.05) is 13.8 Å². The molecule has 0 spiro atoms. The van der Waals surface area contributed by atoms with Crippen molar-refractivity contribution in [3.63, 3.8) is 0 Å². The topological polar surface area (TPSA) is 83.2 Å². The first-order chi connectivity index (χ1) is 10.2. The number of piperidine rings is 1. The number of rotatable bonds is 3. The van der Waals surface area contributed by atoms with Gasteiger partial charge in [0.25, 0.3) is 0 Å². The Morgan fingerprint density at radius 1 is 0.905 bits per heavy atom. The van der Waals surface area contributed by atoms with E-state index in [2.05, 4.69) is 39.0 Å². The van der Waals surface area contributed by atoms with Crippen molar-refractivity contribution >= 4 is 17.8 Å². The lowest BCUT2D eigenvalue weighted by Crippen LogP contribution is -2.33. The van der Waals surface area contributed by atoms with E-state index in [4.69, 9.17) is 10.8 Å². The number of nitrogens with one attached hydrogen (secondary N) is 1. The summed E-state index contributed by atoms with van der Waals surface area (Å²) < 4.78 is 0. The average Bonchev–Trinajstić information content (AvgIpc) is 2.87. The number of nitrogens with zero attached hydrogens (tertiary/aromatic N) is 5. The molecule has 2 aliphatic heterocycles. The summed E-state index contributed by atoms with van der Waals surface area (Å²) in [4.78, 5) is 18.0. The van der Waals surface area contributed by atoms with Crippen LogP contribution in [0.15, 0.2) is 0 Å². The maximum Gasteiger partial charge on any atom is 0.243 e. The smallest absolute Gasteiger partial charge is 0.243 e. The second-order valence-corrected chi connectivity index (χ2v) is 6.31. The average molecular weight is 291 g/mol. The standard InChI is InChI=1S/C14H25N7/c1-10-8-21(9-11(10)2)14-17-12(19-15)16-13(18-14)20-6-4-3-5-7-20/h10-11H,3-9,15H2,1-2H3,(H,16,17,18,19). The highest BCUT2D eigenvalue weighted by Gasteiger charge is 2.29. The fourth-order valence-corrected chi connectivity index (χ4v) is 3.09. The normalized spacial score (nSPS) is 26.2. The zero-order valence-corrected chi connectivity index (χ0v) is 12.9. The van der Waals surface area contributed by atoms with Crippen LogP contribution in [0.1, 0.15) is 33.1 Å². The maximum atomic E-state index is 5.53. The van der Waals surface area contributed by atoms with Crippen molar-refractivity contribution in [2.24, 2.45) is 17.7 Å². The molecule has 0 bridgehead atoms. The number of aromatic nitrogens is 3. The summed E-state index contributed by atoms with van der Waals surface area (Å²) in [5.74, 6) is 8.80. The summed E-state index contributed by atoms with van der Waals surface area (Å²) in [7, 11) is 0. The van der Waals surface area contributed by atoms with Gasteiger partial charge in [-0.3, -0.25) is 5.43 Å². The van der Waals surface area contributed by atoms with Crippen molar-refractivity contribution in [1.82, 2.24) is 15.0 Å². The largest absolute Gasteiger partial charge is 0.341 e. The molecule has 7 nitrogen and oxygen atoms in total. The number of hydrogen-bond acceptors (Lipinski definition) is 7. The molecule has 3 heterocycles. The highest BCUT2D eigenvalue weighted by atomic mass is 15.4. The first-order valence-corrected chi connectivity index (χ1v) is 7.90. The second-order valence-electron chi connectivity index (χ2n) is 6.31. The molecule has 0 saturated carbocycles. The second kappa shape index (κ2) is 6.01. The van der Waals surface area contributed by atoms with E-state index in [-0.39, 0.29) is 0 Å². The summed E-state index contributed by atoms with van der Waals surface area (Å²) >= 11 is 0. The third-order valence-electron chi connectivity index (χ3n) is 4.65. The van der Waals surface area contributed by atoms with Crippen LogP contribution in [0.3, 0.4) is 0 Å². The van der Waals surface area contributed by atoms with E-state index in [1.54, 1.807) is 0 Å². The zero-order valence-electron chi connectivity index (χ0n) is 12.9. The minimum Gasteiger partial charge on any atom is -0.341 e. The van der Waals surface area contributed by atoms with Gasteiger partial charge in [-0.05, 0) is 31.1 Å². The molecule has 7 heteroatoms. The zero-order chi connectivity index (χ0) is 14.8. The minimum absolute atomic E-state index is 0.452. The van der Waals surface area contributed by atoms with Crippen molar-refractivity contribution in [3.8, 4) is 0 Å². The summed E-state index contributed by atoms with van der Waals surface area (Å²) in [5.41, 5.74) is 2.58. The molecule has 2 saturated heterocycles. The van der Waals surface area contributed by atoms with Gasteiger partial charge in [-0.15, -0.1) is 0 Å². The number of nitrogens with two attached hydrogens (primary N) is 1. The lowest BCUT2D eigenvalue weighted by molar-refractivity contribution is 0.494. The van der Waals surface area contributed by atoms with Gasteiger partial charge >= 0.3 is 0 Å². The van der Waals surface area contributed by atoms with E-state index in [9.17, 15) is 0 Å². The van der Waals surface area contributed by atoms with Gasteiger partial charge < -0.3 is 9.80 Å². The fourth-order valence-electron chi connectivity index (χ4n) is 3.09. The van der Waals surface area contributed by atoms with Gasteiger partial charge in [-0.2, -0.15) is 15.0 Å². The van der Waals surface area contributed by atoms with Crippen LogP contribution in [0.5, 0.6) is 0 Å². The Morgan fingerprint density at radius 3 is 2.05 bits per heavy atom. The van der Waals surface area contributed by atoms with Crippen LogP contribution in [-0.2, 0) is 0 Å². The molecule has 0 amide bonds. The summed E-state index contributed by atoms with van der Waals surface area (Å²) in [6.45, 7) is 8.57. The highest BCUT2D eigenvalue weighted by molar-refractivity contribution is 5.45. The number of nitrogen functional groups attached to an aromatic ring is 1. The molecule has 2 aliphatic rings.